The molecule has 0 aliphatic carbocycles. The minimum Gasteiger partial charge on any atom is -0.422 e. The van der Waals surface area contributed by atoms with Crippen LogP contribution in [0.3, 0.4) is 0 Å². The summed E-state index contributed by atoms with van der Waals surface area (Å²) < 4.78 is 5.42. The van der Waals surface area contributed by atoms with Gasteiger partial charge in [-0.2, -0.15) is 0 Å². The molecule has 108 valence electrons. The van der Waals surface area contributed by atoms with Gasteiger partial charge in [-0.25, -0.2) is 4.79 Å². The summed E-state index contributed by atoms with van der Waals surface area (Å²) in [4.78, 5) is 22.4. The van der Waals surface area contributed by atoms with E-state index >= 15 is 0 Å². The molecule has 0 unspecified atom stereocenters. The fourth-order valence-electron chi connectivity index (χ4n) is 1.98. The normalized spacial score (nSPS) is 10.2. The highest BCUT2D eigenvalue weighted by Crippen LogP contribution is 2.27. The first-order chi connectivity index (χ1) is 9.90. The third-order valence-corrected chi connectivity index (χ3v) is 3.36. The van der Waals surface area contributed by atoms with Gasteiger partial charge in [-0.1, -0.05) is 18.2 Å². The number of esters is 1. The Balaban J connectivity index is 2.33. The molecular formula is C16H15NO4. The van der Waals surface area contributed by atoms with Crippen molar-refractivity contribution in [3.05, 3.63) is 68.8 Å². The Morgan fingerprint density at radius 1 is 1.10 bits per heavy atom. The molecule has 0 fully saturated rings. The maximum atomic E-state index is 12.2. The molecule has 0 amide bonds. The molecule has 2 rings (SSSR count). The average molecular weight is 285 g/mol. The molecule has 21 heavy (non-hydrogen) atoms. The highest BCUT2D eigenvalue weighted by atomic mass is 16.6. The SMILES string of the molecule is Cc1ccc(C)c(OC(=O)c2cccc([N+](=O)[O-])c2)c1C. The second kappa shape index (κ2) is 5.75. The molecule has 5 nitrogen and oxygen atoms in total. The van der Waals surface area contributed by atoms with E-state index in [1.54, 1.807) is 0 Å². The Kier molecular flexibility index (Phi) is 4.03. The number of nitro benzene ring substituents is 1. The Hall–Kier alpha value is -2.69. The van der Waals surface area contributed by atoms with Crippen molar-refractivity contribution in [3.63, 3.8) is 0 Å². The van der Waals surface area contributed by atoms with Crippen LogP contribution >= 0.6 is 0 Å². The zero-order chi connectivity index (χ0) is 15.6. The molecule has 2 aromatic rings. The van der Waals surface area contributed by atoms with Crippen molar-refractivity contribution >= 4 is 11.7 Å². The van der Waals surface area contributed by atoms with Gasteiger partial charge in [-0.3, -0.25) is 10.1 Å². The molecule has 0 aromatic heterocycles. The Bertz CT molecular complexity index is 722. The van der Waals surface area contributed by atoms with Crippen LogP contribution in [0.15, 0.2) is 36.4 Å². The quantitative estimate of drug-likeness (QED) is 0.373. The third kappa shape index (κ3) is 3.08. The summed E-state index contributed by atoms with van der Waals surface area (Å²) >= 11 is 0. The van der Waals surface area contributed by atoms with Crippen molar-refractivity contribution in [3.8, 4) is 5.75 Å². The lowest BCUT2D eigenvalue weighted by Crippen LogP contribution is -2.11. The van der Waals surface area contributed by atoms with Crippen molar-refractivity contribution < 1.29 is 14.5 Å². The predicted octanol–water partition coefficient (Wildman–Crippen LogP) is 3.74. The molecule has 0 heterocycles. The fraction of sp³-hybridized carbons (Fsp3) is 0.188. The van der Waals surface area contributed by atoms with Gasteiger partial charge in [0.2, 0.25) is 0 Å². The zero-order valence-electron chi connectivity index (χ0n) is 12.0. The topological polar surface area (TPSA) is 69.4 Å². The second-order valence-corrected chi connectivity index (χ2v) is 4.85. The van der Waals surface area contributed by atoms with E-state index < -0.39 is 10.9 Å². The van der Waals surface area contributed by atoms with Crippen LogP contribution < -0.4 is 4.74 Å². The lowest BCUT2D eigenvalue weighted by molar-refractivity contribution is -0.384. The van der Waals surface area contributed by atoms with Crippen molar-refractivity contribution in [2.24, 2.45) is 0 Å². The average Bonchev–Trinajstić information content (AvgIpc) is 2.47. The number of carbonyl (C=O) groups excluding carboxylic acids is 1. The number of carbonyl (C=O) groups is 1. The number of aryl methyl sites for hydroxylation is 2. The van der Waals surface area contributed by atoms with Gasteiger partial charge in [0.25, 0.3) is 5.69 Å². The van der Waals surface area contributed by atoms with Gasteiger partial charge in [0, 0.05) is 12.1 Å². The van der Waals surface area contributed by atoms with Crippen molar-refractivity contribution in [2.75, 3.05) is 0 Å². The van der Waals surface area contributed by atoms with E-state index in [9.17, 15) is 14.9 Å². The summed E-state index contributed by atoms with van der Waals surface area (Å²) in [6, 6.07) is 9.33. The van der Waals surface area contributed by atoms with E-state index in [2.05, 4.69) is 0 Å². The lowest BCUT2D eigenvalue weighted by Gasteiger charge is -2.12. The number of nitro groups is 1. The van der Waals surface area contributed by atoms with Gasteiger partial charge in [-0.15, -0.1) is 0 Å². The van der Waals surface area contributed by atoms with Gasteiger partial charge >= 0.3 is 5.97 Å². The van der Waals surface area contributed by atoms with E-state index in [0.29, 0.717) is 5.75 Å². The van der Waals surface area contributed by atoms with Crippen LogP contribution in [0, 0.1) is 30.9 Å². The van der Waals surface area contributed by atoms with E-state index in [0.717, 1.165) is 16.7 Å². The second-order valence-electron chi connectivity index (χ2n) is 4.85. The molecular weight excluding hydrogens is 270 g/mol. The smallest absolute Gasteiger partial charge is 0.343 e. The van der Waals surface area contributed by atoms with Gasteiger partial charge in [-0.05, 0) is 43.5 Å². The molecule has 0 radical (unpaired) electrons. The highest BCUT2D eigenvalue weighted by molar-refractivity contribution is 5.92. The van der Waals surface area contributed by atoms with Crippen LogP contribution in [0.2, 0.25) is 0 Å². The first-order valence-electron chi connectivity index (χ1n) is 6.43. The summed E-state index contributed by atoms with van der Waals surface area (Å²) in [7, 11) is 0. The zero-order valence-corrected chi connectivity index (χ0v) is 12.0. The summed E-state index contributed by atoms with van der Waals surface area (Å²) in [5, 5.41) is 10.7. The molecule has 0 atom stereocenters. The number of rotatable bonds is 3. The number of nitrogens with zero attached hydrogens (tertiary/aromatic N) is 1. The summed E-state index contributed by atoms with van der Waals surface area (Å²) in [5.74, 6) is -0.0954. The van der Waals surface area contributed by atoms with Gasteiger partial charge < -0.3 is 4.74 Å². The lowest BCUT2D eigenvalue weighted by atomic mass is 10.1. The molecule has 0 N–H and O–H groups in total. The third-order valence-electron chi connectivity index (χ3n) is 3.36. The van der Waals surface area contributed by atoms with E-state index in [1.807, 2.05) is 32.9 Å². The molecule has 5 heteroatoms. The number of benzene rings is 2. The molecule has 0 aliphatic heterocycles. The Morgan fingerprint density at radius 2 is 1.76 bits per heavy atom. The maximum absolute atomic E-state index is 12.2. The van der Waals surface area contributed by atoms with Crippen LogP contribution in [0.25, 0.3) is 0 Å². The first-order valence-corrected chi connectivity index (χ1v) is 6.43. The van der Waals surface area contributed by atoms with E-state index in [1.165, 1.54) is 24.3 Å². The maximum Gasteiger partial charge on any atom is 0.343 e. The van der Waals surface area contributed by atoms with Crippen LogP contribution in [-0.4, -0.2) is 10.9 Å². The van der Waals surface area contributed by atoms with Gasteiger partial charge in [0.15, 0.2) is 0 Å². The molecule has 0 aliphatic rings. The molecule has 2 aromatic carbocycles. The minimum atomic E-state index is -0.601. The van der Waals surface area contributed by atoms with Gasteiger partial charge in [0.05, 0.1) is 10.5 Å². The Labute approximate surface area is 122 Å². The van der Waals surface area contributed by atoms with Gasteiger partial charge in [0.1, 0.15) is 5.75 Å². The fourth-order valence-corrected chi connectivity index (χ4v) is 1.98. The van der Waals surface area contributed by atoms with E-state index in [4.69, 9.17) is 4.74 Å². The van der Waals surface area contributed by atoms with Crippen LogP contribution in [0.1, 0.15) is 27.0 Å². The van der Waals surface area contributed by atoms with Crippen molar-refractivity contribution in [1.82, 2.24) is 0 Å². The number of ether oxygens (including phenoxy) is 1. The predicted molar refractivity (Wildman–Crippen MR) is 78.7 cm³/mol. The Morgan fingerprint density at radius 3 is 2.43 bits per heavy atom. The van der Waals surface area contributed by atoms with Crippen molar-refractivity contribution in [1.29, 1.82) is 0 Å². The molecule has 0 bridgehead atoms. The summed E-state index contributed by atoms with van der Waals surface area (Å²) in [6.07, 6.45) is 0. The molecule has 0 spiro atoms. The number of hydrogen-bond donors (Lipinski definition) is 0. The molecule has 0 saturated heterocycles. The standard InChI is InChI=1S/C16H15NO4/c1-10-7-8-11(2)15(12(10)3)21-16(18)13-5-4-6-14(9-13)17(19)20/h4-9H,1-3H3. The highest BCUT2D eigenvalue weighted by Gasteiger charge is 2.16. The minimum absolute atomic E-state index is 0.137. The first kappa shape index (κ1) is 14.7. The number of non-ortho nitro benzene ring substituents is 1. The summed E-state index contributed by atoms with van der Waals surface area (Å²) in [6.45, 7) is 5.65. The largest absolute Gasteiger partial charge is 0.422 e. The van der Waals surface area contributed by atoms with Crippen LogP contribution in [-0.2, 0) is 0 Å². The van der Waals surface area contributed by atoms with E-state index in [-0.39, 0.29) is 11.3 Å². The molecule has 0 saturated carbocycles. The summed E-state index contributed by atoms with van der Waals surface area (Å²) in [5.41, 5.74) is 2.76. The monoisotopic (exact) mass is 285 g/mol. The van der Waals surface area contributed by atoms with Crippen LogP contribution in [0.4, 0.5) is 5.69 Å². The van der Waals surface area contributed by atoms with Crippen molar-refractivity contribution in [2.45, 2.75) is 20.8 Å². The number of hydrogen-bond acceptors (Lipinski definition) is 4. The van der Waals surface area contributed by atoms with Crippen LogP contribution in [0.5, 0.6) is 5.75 Å².